The van der Waals surface area contributed by atoms with Crippen LogP contribution in [-0.2, 0) is 4.74 Å². The van der Waals surface area contributed by atoms with E-state index >= 15 is 0 Å². The molecule has 2 saturated heterocycles. The van der Waals surface area contributed by atoms with E-state index in [9.17, 15) is 4.79 Å². The van der Waals surface area contributed by atoms with Crippen LogP contribution in [0.2, 0.25) is 0 Å². The molecule has 0 spiro atoms. The molecule has 2 fully saturated rings. The highest BCUT2D eigenvalue weighted by Crippen LogP contribution is 2.30. The zero-order valence-electron chi connectivity index (χ0n) is 18.8. The summed E-state index contributed by atoms with van der Waals surface area (Å²) < 4.78 is 5.46. The fraction of sp³-hybridized carbons (Fsp3) is 0.385. The van der Waals surface area contributed by atoms with Crippen LogP contribution in [0.3, 0.4) is 0 Å². The van der Waals surface area contributed by atoms with Crippen molar-refractivity contribution in [1.82, 2.24) is 20.1 Å². The van der Waals surface area contributed by atoms with Crippen LogP contribution in [0.25, 0.3) is 11.4 Å². The largest absolute Gasteiger partial charge is 0.381 e. The fourth-order valence-electron chi connectivity index (χ4n) is 4.74. The van der Waals surface area contributed by atoms with Gasteiger partial charge in [-0.2, -0.15) is 10.4 Å². The second-order valence-electron chi connectivity index (χ2n) is 8.93. The van der Waals surface area contributed by atoms with E-state index in [4.69, 9.17) is 10.00 Å². The van der Waals surface area contributed by atoms with Crippen LogP contribution in [0.15, 0.2) is 42.5 Å². The van der Waals surface area contributed by atoms with Gasteiger partial charge in [0.1, 0.15) is 5.82 Å². The maximum Gasteiger partial charge on any atom is 0.254 e. The number of nitrogens with one attached hydrogen (secondary N) is 1. The Labute approximate surface area is 193 Å². The number of aromatic amines is 1. The zero-order valence-corrected chi connectivity index (χ0v) is 18.8. The van der Waals surface area contributed by atoms with Crippen molar-refractivity contribution in [2.45, 2.75) is 38.0 Å². The number of piperidine rings is 1. The number of H-pyrrole nitrogens is 1. The summed E-state index contributed by atoms with van der Waals surface area (Å²) in [6.45, 7) is 4.84. The summed E-state index contributed by atoms with van der Waals surface area (Å²) >= 11 is 0. The number of aromatic nitrogens is 3. The highest BCUT2D eigenvalue weighted by Gasteiger charge is 2.26. The van der Waals surface area contributed by atoms with Crippen molar-refractivity contribution in [3.8, 4) is 17.5 Å². The van der Waals surface area contributed by atoms with Crippen molar-refractivity contribution in [2.75, 3.05) is 26.3 Å². The molecule has 0 radical (unpaired) electrons. The monoisotopic (exact) mass is 441 g/mol. The molecule has 2 aliphatic heterocycles. The van der Waals surface area contributed by atoms with Crippen molar-refractivity contribution in [1.29, 1.82) is 5.26 Å². The second kappa shape index (κ2) is 9.16. The van der Waals surface area contributed by atoms with Gasteiger partial charge in [-0.3, -0.25) is 9.89 Å². The smallest absolute Gasteiger partial charge is 0.254 e. The van der Waals surface area contributed by atoms with Crippen molar-refractivity contribution < 1.29 is 9.53 Å². The van der Waals surface area contributed by atoms with E-state index in [1.165, 1.54) is 5.56 Å². The van der Waals surface area contributed by atoms with Gasteiger partial charge in [-0.1, -0.05) is 24.3 Å². The van der Waals surface area contributed by atoms with Crippen LogP contribution < -0.4 is 0 Å². The number of carbonyl (C=O) groups excluding carboxylic acids is 1. The number of carbonyl (C=O) groups is 1. The number of rotatable bonds is 4. The molecule has 3 aromatic rings. The lowest BCUT2D eigenvalue weighted by Crippen LogP contribution is -2.38. The first kappa shape index (κ1) is 21.4. The first-order chi connectivity index (χ1) is 16.1. The van der Waals surface area contributed by atoms with E-state index in [1.54, 1.807) is 0 Å². The number of likely N-dealkylation sites (tertiary alicyclic amines) is 1. The van der Waals surface area contributed by atoms with Gasteiger partial charge >= 0.3 is 0 Å². The van der Waals surface area contributed by atoms with E-state index in [-0.39, 0.29) is 11.8 Å². The minimum Gasteiger partial charge on any atom is -0.381 e. The van der Waals surface area contributed by atoms with Gasteiger partial charge in [0.2, 0.25) is 0 Å². The minimum atomic E-state index is 0.0626. The summed E-state index contributed by atoms with van der Waals surface area (Å²) in [6.07, 6.45) is 2.79. The van der Waals surface area contributed by atoms with Gasteiger partial charge in [0.15, 0.2) is 5.82 Å². The van der Waals surface area contributed by atoms with E-state index in [0.29, 0.717) is 29.5 Å². The molecule has 3 heterocycles. The summed E-state index contributed by atoms with van der Waals surface area (Å²) in [4.78, 5) is 20.0. The summed E-state index contributed by atoms with van der Waals surface area (Å²) in [5.41, 5.74) is 4.43. The lowest BCUT2D eigenvalue weighted by Gasteiger charge is -2.32. The Bertz CT molecular complexity index is 1180. The Kier molecular flexibility index (Phi) is 5.93. The normalized spacial score (nSPS) is 18.9. The fourth-order valence-corrected chi connectivity index (χ4v) is 4.74. The van der Waals surface area contributed by atoms with Crippen molar-refractivity contribution >= 4 is 5.91 Å². The maximum absolute atomic E-state index is 13.4. The average molecular weight is 442 g/mol. The van der Waals surface area contributed by atoms with Crippen LogP contribution in [-0.4, -0.2) is 52.3 Å². The van der Waals surface area contributed by atoms with Gasteiger partial charge in [-0.05, 0) is 61.4 Å². The van der Waals surface area contributed by atoms with Crippen molar-refractivity contribution in [3.05, 3.63) is 70.5 Å². The van der Waals surface area contributed by atoms with Crippen molar-refractivity contribution in [3.63, 3.8) is 0 Å². The van der Waals surface area contributed by atoms with E-state index in [0.717, 1.165) is 55.9 Å². The molecule has 0 aliphatic carbocycles. The molecule has 5 rings (SSSR count). The van der Waals surface area contributed by atoms with Gasteiger partial charge in [0.25, 0.3) is 5.91 Å². The second-order valence-corrected chi connectivity index (χ2v) is 8.93. The molecule has 33 heavy (non-hydrogen) atoms. The van der Waals surface area contributed by atoms with Crippen LogP contribution >= 0.6 is 0 Å². The number of benzene rings is 2. The van der Waals surface area contributed by atoms with Crippen LogP contribution in [0, 0.1) is 18.3 Å². The Morgan fingerprint density at radius 2 is 1.91 bits per heavy atom. The number of hydrogen-bond acceptors (Lipinski definition) is 5. The maximum atomic E-state index is 13.4. The molecule has 168 valence electrons. The molecule has 1 atom stereocenters. The lowest BCUT2D eigenvalue weighted by atomic mass is 9.88. The van der Waals surface area contributed by atoms with Gasteiger partial charge in [-0.15, -0.1) is 0 Å². The molecule has 1 N–H and O–H groups in total. The summed E-state index contributed by atoms with van der Waals surface area (Å²) in [7, 11) is 0. The summed E-state index contributed by atoms with van der Waals surface area (Å²) in [5, 5.41) is 16.4. The third-order valence-corrected chi connectivity index (χ3v) is 6.84. The quantitative estimate of drug-likeness (QED) is 0.655. The topological polar surface area (TPSA) is 94.9 Å². The first-order valence-corrected chi connectivity index (χ1v) is 11.5. The van der Waals surface area contributed by atoms with Gasteiger partial charge in [0.05, 0.1) is 18.2 Å². The van der Waals surface area contributed by atoms with E-state index in [2.05, 4.69) is 21.3 Å². The van der Waals surface area contributed by atoms with Crippen LogP contribution in [0.1, 0.15) is 64.0 Å². The van der Waals surface area contributed by atoms with Gasteiger partial charge < -0.3 is 9.64 Å². The van der Waals surface area contributed by atoms with E-state index < -0.39 is 0 Å². The summed E-state index contributed by atoms with van der Waals surface area (Å²) in [5.74, 6) is 2.20. The minimum absolute atomic E-state index is 0.0626. The third-order valence-electron chi connectivity index (χ3n) is 6.84. The number of nitrogens with zero attached hydrogens (tertiary/aromatic N) is 4. The number of aryl methyl sites for hydroxylation is 1. The molecule has 1 amide bonds. The number of amides is 1. The lowest BCUT2D eigenvalue weighted by molar-refractivity contribution is 0.0712. The molecule has 1 aromatic heterocycles. The number of hydrogen-bond donors (Lipinski definition) is 1. The molecule has 2 aromatic carbocycles. The molecule has 2 aliphatic rings. The average Bonchev–Trinajstić information content (AvgIpc) is 3.57. The molecule has 7 heteroatoms. The Balaban J connectivity index is 1.28. The molecule has 1 unspecified atom stereocenters. The third kappa shape index (κ3) is 4.39. The van der Waals surface area contributed by atoms with E-state index in [1.807, 2.05) is 54.3 Å². The molecular formula is C26H27N5O2. The molecular weight excluding hydrogens is 414 g/mol. The summed E-state index contributed by atoms with van der Waals surface area (Å²) in [6, 6.07) is 15.9. The number of nitriles is 1. The standard InChI is InChI=1S/C26H27N5O2/c1-17-2-5-21(24-28-25(30-29-24)22-10-13-33-16-22)14-23(17)26(32)31-11-8-20(9-12-31)19-6-3-18(15-27)4-7-19/h2-7,14,20,22H,8-13,16H2,1H3,(H,28,29,30). The SMILES string of the molecule is Cc1ccc(-c2n[nH]c(C3CCOC3)n2)cc1C(=O)N1CCC(c2ccc(C#N)cc2)CC1. The predicted octanol–water partition coefficient (Wildman–Crippen LogP) is 4.18. The predicted molar refractivity (Wildman–Crippen MR) is 124 cm³/mol. The Hall–Kier alpha value is -3.50. The zero-order chi connectivity index (χ0) is 22.8. The molecule has 7 nitrogen and oxygen atoms in total. The Morgan fingerprint density at radius 1 is 1.12 bits per heavy atom. The highest BCUT2D eigenvalue weighted by atomic mass is 16.5. The first-order valence-electron chi connectivity index (χ1n) is 11.5. The van der Waals surface area contributed by atoms with Crippen LogP contribution in [0.5, 0.6) is 0 Å². The molecule has 0 saturated carbocycles. The van der Waals surface area contributed by atoms with Gasteiger partial charge in [-0.25, -0.2) is 4.98 Å². The highest BCUT2D eigenvalue weighted by molar-refractivity contribution is 5.96. The Morgan fingerprint density at radius 3 is 2.61 bits per heavy atom. The van der Waals surface area contributed by atoms with Crippen LogP contribution in [0.4, 0.5) is 0 Å². The number of ether oxygens (including phenoxy) is 1. The van der Waals surface area contributed by atoms with Gasteiger partial charge in [0, 0.05) is 36.7 Å². The molecule has 0 bridgehead atoms. The van der Waals surface area contributed by atoms with Crippen molar-refractivity contribution in [2.24, 2.45) is 0 Å².